The first kappa shape index (κ1) is 18.3. The van der Waals surface area contributed by atoms with E-state index in [9.17, 15) is 9.59 Å². The molecule has 4 aromatic rings. The molecule has 2 amide bonds. The Morgan fingerprint density at radius 1 is 1.00 bits per heavy atom. The number of aromatic nitrogens is 2. The molecular formula is C21H20N4O2S2. The number of thiophene rings is 1. The second-order valence-electron chi connectivity index (χ2n) is 7.13. The second kappa shape index (κ2) is 7.61. The van der Waals surface area contributed by atoms with Crippen molar-refractivity contribution in [3.8, 4) is 0 Å². The highest BCUT2D eigenvalue weighted by atomic mass is 32.1. The van der Waals surface area contributed by atoms with E-state index >= 15 is 0 Å². The monoisotopic (exact) mass is 424 g/mol. The van der Waals surface area contributed by atoms with E-state index in [1.165, 1.54) is 0 Å². The summed E-state index contributed by atoms with van der Waals surface area (Å²) in [6.45, 7) is 2.45. The predicted octanol–water partition coefficient (Wildman–Crippen LogP) is 3.53. The van der Waals surface area contributed by atoms with Crippen LogP contribution in [-0.4, -0.2) is 57.2 Å². The van der Waals surface area contributed by atoms with Crippen LogP contribution in [0.4, 0.5) is 0 Å². The second-order valence-corrected chi connectivity index (χ2v) is 9.17. The Hall–Kier alpha value is -2.71. The Kier molecular flexibility index (Phi) is 4.81. The molecule has 29 heavy (non-hydrogen) atoms. The van der Waals surface area contributed by atoms with Crippen molar-refractivity contribution >= 4 is 49.7 Å². The van der Waals surface area contributed by atoms with Crippen LogP contribution in [0.25, 0.3) is 15.2 Å². The zero-order chi connectivity index (χ0) is 19.8. The normalized spacial score (nSPS) is 15.2. The molecule has 1 fully saturated rings. The molecule has 4 heterocycles. The highest BCUT2D eigenvalue weighted by molar-refractivity contribution is 7.23. The molecule has 0 aliphatic carbocycles. The molecule has 0 atom stereocenters. The number of hydrogen-bond donors (Lipinski definition) is 0. The number of hydrogen-bond acceptors (Lipinski definition) is 5. The van der Waals surface area contributed by atoms with Crippen LogP contribution in [0.2, 0.25) is 0 Å². The maximum Gasteiger partial charge on any atom is 0.274 e. The van der Waals surface area contributed by atoms with Gasteiger partial charge in [0, 0.05) is 37.3 Å². The van der Waals surface area contributed by atoms with Gasteiger partial charge in [0.2, 0.25) is 5.91 Å². The number of nitrogens with zero attached hydrogens (tertiary/aromatic N) is 4. The van der Waals surface area contributed by atoms with Crippen LogP contribution in [0.1, 0.15) is 21.8 Å². The highest BCUT2D eigenvalue weighted by Gasteiger charge is 2.25. The molecule has 3 aromatic heterocycles. The van der Waals surface area contributed by atoms with Gasteiger partial charge in [0.25, 0.3) is 5.91 Å². The maximum atomic E-state index is 13.0. The first-order valence-electron chi connectivity index (χ1n) is 9.65. The third-order valence-electron chi connectivity index (χ3n) is 5.26. The summed E-state index contributed by atoms with van der Waals surface area (Å²) in [5, 5.41) is 1.99. The Labute approximate surface area is 176 Å². The summed E-state index contributed by atoms with van der Waals surface area (Å²) in [5.41, 5.74) is 1.54. The lowest BCUT2D eigenvalue weighted by Crippen LogP contribution is -2.38. The van der Waals surface area contributed by atoms with E-state index in [0.29, 0.717) is 38.3 Å². The van der Waals surface area contributed by atoms with Crippen LogP contribution in [-0.2, 0) is 11.2 Å². The van der Waals surface area contributed by atoms with Crippen molar-refractivity contribution < 1.29 is 9.59 Å². The minimum Gasteiger partial charge on any atom is -0.341 e. The van der Waals surface area contributed by atoms with Crippen LogP contribution in [0, 0.1) is 0 Å². The van der Waals surface area contributed by atoms with Gasteiger partial charge < -0.3 is 9.80 Å². The average Bonchev–Trinajstić information content (AvgIpc) is 3.40. The van der Waals surface area contributed by atoms with E-state index in [-0.39, 0.29) is 11.8 Å². The minimum atomic E-state index is -0.0578. The van der Waals surface area contributed by atoms with Gasteiger partial charge in [0.15, 0.2) is 4.96 Å². The molecule has 8 heteroatoms. The summed E-state index contributed by atoms with van der Waals surface area (Å²) in [6, 6.07) is 12.1. The first-order chi connectivity index (χ1) is 14.2. The molecule has 0 spiro atoms. The molecule has 1 aliphatic rings. The maximum absolute atomic E-state index is 13.0. The molecule has 0 unspecified atom stereocenters. The number of benzene rings is 1. The van der Waals surface area contributed by atoms with Gasteiger partial charge in [0.05, 0.1) is 16.6 Å². The van der Waals surface area contributed by atoms with Crippen LogP contribution in [0.5, 0.6) is 0 Å². The van der Waals surface area contributed by atoms with Crippen LogP contribution in [0.3, 0.4) is 0 Å². The van der Waals surface area contributed by atoms with Crippen LogP contribution >= 0.6 is 22.7 Å². The largest absolute Gasteiger partial charge is 0.341 e. The van der Waals surface area contributed by atoms with Crippen molar-refractivity contribution in [2.24, 2.45) is 0 Å². The quantitative estimate of drug-likeness (QED) is 0.506. The van der Waals surface area contributed by atoms with Gasteiger partial charge in [-0.15, -0.1) is 11.3 Å². The van der Waals surface area contributed by atoms with Gasteiger partial charge >= 0.3 is 0 Å². The third-order valence-corrected chi connectivity index (χ3v) is 7.17. The number of para-hydroxylation sites is 1. The molecule has 1 saturated heterocycles. The highest BCUT2D eigenvalue weighted by Crippen LogP contribution is 2.26. The number of rotatable bonds is 3. The van der Waals surface area contributed by atoms with Crippen molar-refractivity contribution in [1.29, 1.82) is 0 Å². The Morgan fingerprint density at radius 3 is 2.69 bits per heavy atom. The molecule has 0 bridgehead atoms. The van der Waals surface area contributed by atoms with Gasteiger partial charge in [-0.25, -0.2) is 4.98 Å². The molecule has 148 valence electrons. The van der Waals surface area contributed by atoms with Crippen molar-refractivity contribution in [3.63, 3.8) is 0 Å². The van der Waals surface area contributed by atoms with E-state index in [0.717, 1.165) is 26.5 Å². The van der Waals surface area contributed by atoms with Gasteiger partial charge in [-0.1, -0.05) is 29.5 Å². The molecule has 0 saturated carbocycles. The lowest BCUT2D eigenvalue weighted by molar-refractivity contribution is -0.130. The number of fused-ring (bicyclic) bond motifs is 3. The van der Waals surface area contributed by atoms with E-state index in [4.69, 9.17) is 0 Å². The Balaban J connectivity index is 1.29. The van der Waals surface area contributed by atoms with Crippen LogP contribution in [0.15, 0.2) is 48.0 Å². The van der Waals surface area contributed by atoms with Gasteiger partial charge in [0.1, 0.15) is 5.69 Å². The topological polar surface area (TPSA) is 57.9 Å². The van der Waals surface area contributed by atoms with Crippen molar-refractivity contribution in [2.45, 2.75) is 12.8 Å². The number of thiazole rings is 1. The Bertz CT molecular complexity index is 1180. The number of carbonyl (C=O) groups is 2. The van der Waals surface area contributed by atoms with Crippen molar-refractivity contribution in [2.75, 3.05) is 26.2 Å². The summed E-state index contributed by atoms with van der Waals surface area (Å²) in [6.07, 6.45) is 3.06. The number of amides is 2. The zero-order valence-corrected chi connectivity index (χ0v) is 17.4. The number of imidazole rings is 1. The van der Waals surface area contributed by atoms with Crippen molar-refractivity contribution in [1.82, 2.24) is 19.2 Å². The fourth-order valence-corrected chi connectivity index (χ4v) is 5.46. The lowest BCUT2D eigenvalue weighted by atomic mass is 10.3. The lowest BCUT2D eigenvalue weighted by Gasteiger charge is -2.21. The SMILES string of the molecule is O=C(Cc1cccs1)N1CCCN(C(=O)c2cn3c(n2)sc2ccccc23)CC1. The molecule has 0 N–H and O–H groups in total. The molecular weight excluding hydrogens is 404 g/mol. The summed E-state index contributed by atoms with van der Waals surface area (Å²) in [5.74, 6) is 0.0771. The molecule has 0 radical (unpaired) electrons. The summed E-state index contributed by atoms with van der Waals surface area (Å²) >= 11 is 3.19. The van der Waals surface area contributed by atoms with Crippen LogP contribution < -0.4 is 0 Å². The van der Waals surface area contributed by atoms with E-state index in [1.807, 2.05) is 56.1 Å². The molecule has 1 aromatic carbocycles. The average molecular weight is 425 g/mol. The third kappa shape index (κ3) is 3.54. The minimum absolute atomic E-state index is 0.0578. The first-order valence-corrected chi connectivity index (χ1v) is 11.3. The molecule has 6 nitrogen and oxygen atoms in total. The van der Waals surface area contributed by atoms with Crippen molar-refractivity contribution in [3.05, 3.63) is 58.5 Å². The summed E-state index contributed by atoms with van der Waals surface area (Å²) in [7, 11) is 0. The fourth-order valence-electron chi connectivity index (χ4n) is 3.76. The standard InChI is InChI=1S/C21H20N4O2S2/c26-19(13-15-5-3-12-28-15)23-8-4-9-24(11-10-23)20(27)16-14-25-17-6-1-2-7-18(17)29-21(25)22-16/h1-3,5-7,12,14H,4,8-11,13H2. The van der Waals surface area contributed by atoms with E-state index < -0.39 is 0 Å². The summed E-state index contributed by atoms with van der Waals surface area (Å²) < 4.78 is 3.14. The van der Waals surface area contributed by atoms with Gasteiger partial charge in [-0.3, -0.25) is 14.0 Å². The predicted molar refractivity (Wildman–Crippen MR) is 116 cm³/mol. The number of carbonyl (C=O) groups excluding carboxylic acids is 2. The fraction of sp³-hybridized carbons (Fsp3) is 0.286. The summed E-state index contributed by atoms with van der Waals surface area (Å²) in [4.78, 5) is 35.8. The molecule has 1 aliphatic heterocycles. The smallest absolute Gasteiger partial charge is 0.274 e. The van der Waals surface area contributed by atoms with Gasteiger partial charge in [-0.05, 0) is 30.0 Å². The van der Waals surface area contributed by atoms with E-state index in [2.05, 4.69) is 11.1 Å². The van der Waals surface area contributed by atoms with Gasteiger partial charge in [-0.2, -0.15) is 0 Å². The zero-order valence-electron chi connectivity index (χ0n) is 15.8. The van der Waals surface area contributed by atoms with E-state index in [1.54, 1.807) is 22.7 Å². The molecule has 5 rings (SSSR count). The Morgan fingerprint density at radius 2 is 1.83 bits per heavy atom.